The molecule has 0 bridgehead atoms. The minimum atomic E-state index is -3.01. The molecule has 1 rings (SSSR count). The Balaban J connectivity index is 2.09. The monoisotopic (exact) mass is 310 g/mol. The van der Waals surface area contributed by atoms with E-state index in [1.807, 2.05) is 0 Å². The number of nitrogens with one attached hydrogen (secondary N) is 1. The van der Waals surface area contributed by atoms with Crippen molar-refractivity contribution >= 4 is 21.6 Å². The summed E-state index contributed by atoms with van der Waals surface area (Å²) in [5.41, 5.74) is 0. The zero-order valence-corrected chi connectivity index (χ0v) is 13.5. The fraction of sp³-hybridized carbons (Fsp3) is 1.00. The average molecular weight is 311 g/mol. The van der Waals surface area contributed by atoms with Gasteiger partial charge in [0, 0.05) is 19.0 Å². The average Bonchev–Trinajstić information content (AvgIpc) is 2.37. The number of alkyl halides is 1. The topological polar surface area (TPSA) is 49.4 Å². The molecule has 1 aliphatic heterocycles. The van der Waals surface area contributed by atoms with Crippen LogP contribution >= 0.6 is 11.6 Å². The van der Waals surface area contributed by atoms with E-state index in [0.29, 0.717) is 19.0 Å². The molecule has 0 aliphatic carbocycles. The molecule has 1 atom stereocenters. The summed E-state index contributed by atoms with van der Waals surface area (Å²) in [4.78, 5) is 0. The molecule has 0 aromatic heterocycles. The van der Waals surface area contributed by atoms with E-state index in [9.17, 15) is 8.42 Å². The van der Waals surface area contributed by atoms with Crippen LogP contribution in [0.25, 0.3) is 0 Å². The molecule has 1 fully saturated rings. The van der Waals surface area contributed by atoms with Gasteiger partial charge in [-0.3, -0.25) is 0 Å². The fourth-order valence-electron chi connectivity index (χ4n) is 2.50. The molecule has 114 valence electrons. The van der Waals surface area contributed by atoms with Gasteiger partial charge in [-0.25, -0.2) is 12.7 Å². The van der Waals surface area contributed by atoms with Crippen molar-refractivity contribution in [3.8, 4) is 0 Å². The highest BCUT2D eigenvalue weighted by Gasteiger charge is 2.25. The molecular formula is C13H27ClN2O2S. The molecule has 0 saturated carbocycles. The van der Waals surface area contributed by atoms with Crippen LogP contribution in [0.3, 0.4) is 0 Å². The van der Waals surface area contributed by atoms with E-state index in [1.54, 1.807) is 4.31 Å². The van der Waals surface area contributed by atoms with Gasteiger partial charge < -0.3 is 5.32 Å². The van der Waals surface area contributed by atoms with Crippen LogP contribution in [0.5, 0.6) is 0 Å². The van der Waals surface area contributed by atoms with Gasteiger partial charge in [-0.05, 0) is 44.7 Å². The van der Waals surface area contributed by atoms with E-state index in [2.05, 4.69) is 5.32 Å². The van der Waals surface area contributed by atoms with E-state index < -0.39 is 10.0 Å². The first kappa shape index (κ1) is 17.2. The van der Waals surface area contributed by atoms with Crippen molar-refractivity contribution in [1.29, 1.82) is 0 Å². The molecule has 1 heterocycles. The lowest BCUT2D eigenvalue weighted by atomic mass is 10.00. The molecule has 0 radical (unpaired) electrons. The molecule has 1 saturated heterocycles. The number of piperidine rings is 1. The van der Waals surface area contributed by atoms with E-state index in [1.165, 1.54) is 25.5 Å². The second-order valence-electron chi connectivity index (χ2n) is 5.44. The molecule has 4 nitrogen and oxygen atoms in total. The summed E-state index contributed by atoms with van der Waals surface area (Å²) >= 11 is 5.62. The number of halogens is 1. The summed E-state index contributed by atoms with van der Waals surface area (Å²) < 4.78 is 24.6. The fourth-order valence-corrected chi connectivity index (χ4v) is 3.63. The highest BCUT2D eigenvalue weighted by molar-refractivity contribution is 7.88. The quantitative estimate of drug-likeness (QED) is 0.524. The molecule has 0 amide bonds. The minimum absolute atomic E-state index is 0.464. The number of hydrogen-bond acceptors (Lipinski definition) is 3. The second kappa shape index (κ2) is 9.16. The van der Waals surface area contributed by atoms with Gasteiger partial charge in [0.1, 0.15) is 0 Å². The molecule has 19 heavy (non-hydrogen) atoms. The molecule has 1 unspecified atom stereocenters. The van der Waals surface area contributed by atoms with Gasteiger partial charge in [0.05, 0.1) is 6.26 Å². The van der Waals surface area contributed by atoms with Crippen molar-refractivity contribution in [2.75, 3.05) is 38.3 Å². The third kappa shape index (κ3) is 7.49. The Morgan fingerprint density at radius 3 is 2.68 bits per heavy atom. The predicted octanol–water partition coefficient (Wildman–Crippen LogP) is 2.05. The van der Waals surface area contributed by atoms with Crippen molar-refractivity contribution in [2.24, 2.45) is 5.92 Å². The first-order valence-corrected chi connectivity index (χ1v) is 9.64. The van der Waals surface area contributed by atoms with Crippen LogP contribution in [0, 0.1) is 5.92 Å². The van der Waals surface area contributed by atoms with Gasteiger partial charge in [-0.1, -0.05) is 12.8 Å². The first-order valence-electron chi connectivity index (χ1n) is 7.26. The van der Waals surface area contributed by atoms with E-state index in [0.717, 1.165) is 38.2 Å². The summed E-state index contributed by atoms with van der Waals surface area (Å²) in [6, 6.07) is 0. The van der Waals surface area contributed by atoms with Crippen LogP contribution in [-0.2, 0) is 10.0 Å². The van der Waals surface area contributed by atoms with E-state index >= 15 is 0 Å². The molecule has 0 aromatic carbocycles. The van der Waals surface area contributed by atoms with E-state index in [-0.39, 0.29) is 0 Å². The Kier molecular flexibility index (Phi) is 8.30. The lowest BCUT2D eigenvalue weighted by Crippen LogP contribution is -2.42. The number of nitrogens with zero attached hydrogens (tertiary/aromatic N) is 1. The first-order chi connectivity index (χ1) is 9.04. The third-order valence-electron chi connectivity index (χ3n) is 3.62. The Morgan fingerprint density at radius 2 is 2.00 bits per heavy atom. The van der Waals surface area contributed by atoms with Gasteiger partial charge in [0.15, 0.2) is 0 Å². The van der Waals surface area contributed by atoms with Crippen molar-refractivity contribution in [2.45, 2.75) is 38.5 Å². The molecule has 1 aliphatic rings. The number of unbranched alkanes of at least 4 members (excludes halogenated alkanes) is 3. The van der Waals surface area contributed by atoms with Gasteiger partial charge >= 0.3 is 0 Å². The highest BCUT2D eigenvalue weighted by atomic mass is 35.5. The van der Waals surface area contributed by atoms with Crippen LogP contribution in [0.15, 0.2) is 0 Å². The Labute approximate surface area is 122 Å². The normalized spacial score (nSPS) is 21.7. The number of rotatable bonds is 9. The predicted molar refractivity (Wildman–Crippen MR) is 81.2 cm³/mol. The minimum Gasteiger partial charge on any atom is -0.316 e. The van der Waals surface area contributed by atoms with Crippen molar-refractivity contribution in [1.82, 2.24) is 9.62 Å². The van der Waals surface area contributed by atoms with Crippen LogP contribution in [0.4, 0.5) is 0 Å². The van der Waals surface area contributed by atoms with Gasteiger partial charge in [0.25, 0.3) is 0 Å². The Morgan fingerprint density at radius 1 is 1.26 bits per heavy atom. The molecule has 0 spiro atoms. The maximum atomic E-state index is 11.5. The summed E-state index contributed by atoms with van der Waals surface area (Å²) in [5, 5.41) is 3.45. The number of sulfonamides is 1. The smallest absolute Gasteiger partial charge is 0.211 e. The Bertz CT molecular complexity index is 336. The lowest BCUT2D eigenvalue weighted by molar-refractivity contribution is 0.261. The van der Waals surface area contributed by atoms with Crippen molar-refractivity contribution in [3.63, 3.8) is 0 Å². The Hall–Kier alpha value is 0.160. The van der Waals surface area contributed by atoms with Crippen LogP contribution in [0.2, 0.25) is 0 Å². The van der Waals surface area contributed by atoms with Crippen LogP contribution in [0.1, 0.15) is 38.5 Å². The lowest BCUT2D eigenvalue weighted by Gasteiger charge is -2.31. The zero-order valence-electron chi connectivity index (χ0n) is 11.9. The van der Waals surface area contributed by atoms with E-state index in [4.69, 9.17) is 11.6 Å². The van der Waals surface area contributed by atoms with Crippen LogP contribution < -0.4 is 5.32 Å². The summed E-state index contributed by atoms with van der Waals surface area (Å²) in [7, 11) is -3.01. The standard InChI is InChI=1S/C13H27ClN2O2S/c1-19(17,18)16-10-6-7-13(12-16)11-15-9-5-3-2-4-8-14/h13,15H,2-12H2,1H3. The molecule has 0 aromatic rings. The SMILES string of the molecule is CS(=O)(=O)N1CCCC(CNCCCCCCCl)C1. The second-order valence-corrected chi connectivity index (χ2v) is 7.80. The van der Waals surface area contributed by atoms with Gasteiger partial charge in [-0.2, -0.15) is 0 Å². The van der Waals surface area contributed by atoms with Crippen molar-refractivity contribution < 1.29 is 8.42 Å². The molecular weight excluding hydrogens is 284 g/mol. The maximum Gasteiger partial charge on any atom is 0.211 e. The third-order valence-corrected chi connectivity index (χ3v) is 5.16. The van der Waals surface area contributed by atoms with Crippen LogP contribution in [-0.4, -0.2) is 51.0 Å². The van der Waals surface area contributed by atoms with Gasteiger partial charge in [0.2, 0.25) is 10.0 Å². The highest BCUT2D eigenvalue weighted by Crippen LogP contribution is 2.17. The zero-order chi connectivity index (χ0) is 14.1. The summed E-state index contributed by atoms with van der Waals surface area (Å²) in [6.07, 6.45) is 8.13. The summed E-state index contributed by atoms with van der Waals surface area (Å²) in [6.45, 7) is 3.32. The summed E-state index contributed by atoms with van der Waals surface area (Å²) in [5.74, 6) is 1.22. The maximum absolute atomic E-state index is 11.5. The van der Waals surface area contributed by atoms with Crippen molar-refractivity contribution in [3.05, 3.63) is 0 Å². The molecule has 1 N–H and O–H groups in total. The molecule has 6 heteroatoms. The van der Waals surface area contributed by atoms with Gasteiger partial charge in [-0.15, -0.1) is 11.6 Å². The largest absolute Gasteiger partial charge is 0.316 e. The number of hydrogen-bond donors (Lipinski definition) is 1.